The first-order valence-electron chi connectivity index (χ1n) is 10.2. The Morgan fingerprint density at radius 1 is 0.655 bits per heavy atom. The van der Waals surface area contributed by atoms with Crippen LogP contribution in [-0.4, -0.2) is 4.98 Å². The van der Waals surface area contributed by atoms with Crippen LogP contribution in [0.25, 0.3) is 43.6 Å². The van der Waals surface area contributed by atoms with Crippen molar-refractivity contribution < 1.29 is 0 Å². The zero-order valence-electron chi connectivity index (χ0n) is 17.5. The van der Waals surface area contributed by atoms with Crippen LogP contribution in [0.3, 0.4) is 0 Å². The van der Waals surface area contributed by atoms with Crippen molar-refractivity contribution in [1.29, 1.82) is 0 Å². The third-order valence-electron chi connectivity index (χ3n) is 5.92. The van der Waals surface area contributed by atoms with Gasteiger partial charge in [0, 0.05) is 17.1 Å². The summed E-state index contributed by atoms with van der Waals surface area (Å²) in [6.07, 6.45) is 1.94. The Morgan fingerprint density at radius 3 is 2.14 bits per heavy atom. The van der Waals surface area contributed by atoms with Crippen LogP contribution in [0.5, 0.6) is 0 Å². The van der Waals surface area contributed by atoms with Gasteiger partial charge >= 0.3 is 0 Å². The van der Waals surface area contributed by atoms with Crippen LogP contribution in [0.1, 0.15) is 31.9 Å². The summed E-state index contributed by atoms with van der Waals surface area (Å²) in [6.45, 7) is 8.93. The van der Waals surface area contributed by atoms with Gasteiger partial charge in [0.15, 0.2) is 0 Å². The van der Waals surface area contributed by atoms with Crippen molar-refractivity contribution in [3.63, 3.8) is 0 Å². The molecule has 0 aliphatic carbocycles. The van der Waals surface area contributed by atoms with Gasteiger partial charge in [-0.15, -0.1) is 0 Å². The van der Waals surface area contributed by atoms with E-state index in [0.717, 1.165) is 5.69 Å². The molecule has 0 N–H and O–H groups in total. The summed E-state index contributed by atoms with van der Waals surface area (Å²) in [6, 6.07) is 26.7. The van der Waals surface area contributed by atoms with Crippen LogP contribution in [0, 0.1) is 6.92 Å². The average Bonchev–Trinajstić information content (AvgIpc) is 2.71. The maximum absolute atomic E-state index is 4.73. The maximum Gasteiger partial charge on any atom is 0.0780 e. The fourth-order valence-electron chi connectivity index (χ4n) is 4.30. The zero-order valence-corrected chi connectivity index (χ0v) is 17.5. The molecule has 0 amide bonds. The molecule has 29 heavy (non-hydrogen) atoms. The predicted molar refractivity (Wildman–Crippen MR) is 126 cm³/mol. The maximum atomic E-state index is 4.73. The van der Waals surface area contributed by atoms with Gasteiger partial charge in [-0.1, -0.05) is 87.0 Å². The lowest BCUT2D eigenvalue weighted by Gasteiger charge is -2.20. The van der Waals surface area contributed by atoms with E-state index < -0.39 is 0 Å². The SMILES string of the molecule is Cc1cccc(-c2nccc3c2ccc2c4ccc(C(C)(C)C)cc4ccc32)c1. The van der Waals surface area contributed by atoms with E-state index in [9.17, 15) is 0 Å². The molecule has 0 saturated heterocycles. The molecule has 5 aromatic rings. The average molecular weight is 376 g/mol. The Kier molecular flexibility index (Phi) is 3.96. The second-order valence-corrected chi connectivity index (χ2v) is 9.04. The lowest BCUT2D eigenvalue weighted by atomic mass is 9.85. The second-order valence-electron chi connectivity index (χ2n) is 9.04. The minimum Gasteiger partial charge on any atom is -0.256 e. The van der Waals surface area contributed by atoms with Crippen LogP contribution >= 0.6 is 0 Å². The Morgan fingerprint density at radius 2 is 1.34 bits per heavy atom. The fraction of sp³-hybridized carbons (Fsp3) is 0.179. The van der Waals surface area contributed by atoms with Crippen molar-refractivity contribution in [3.8, 4) is 11.3 Å². The standard InChI is InChI=1S/C28H25N/c1-18-6-5-7-20(16-18)27-26-13-12-23-22-11-9-21(28(2,3)4)17-19(22)8-10-24(23)25(26)14-15-29-27/h5-17H,1-4H3. The van der Waals surface area contributed by atoms with Gasteiger partial charge in [0.2, 0.25) is 0 Å². The van der Waals surface area contributed by atoms with Crippen LogP contribution < -0.4 is 0 Å². The van der Waals surface area contributed by atoms with E-state index in [2.05, 4.69) is 100 Å². The highest BCUT2D eigenvalue weighted by molar-refractivity contribution is 6.18. The first kappa shape index (κ1) is 17.9. The number of benzene rings is 4. The molecule has 0 spiro atoms. The number of hydrogen-bond donors (Lipinski definition) is 0. The van der Waals surface area contributed by atoms with Gasteiger partial charge in [0.25, 0.3) is 0 Å². The van der Waals surface area contributed by atoms with Gasteiger partial charge in [0.1, 0.15) is 0 Å². The highest BCUT2D eigenvalue weighted by Gasteiger charge is 2.15. The molecule has 0 aliphatic heterocycles. The van der Waals surface area contributed by atoms with E-state index in [0.29, 0.717) is 0 Å². The van der Waals surface area contributed by atoms with Crippen LogP contribution in [0.4, 0.5) is 0 Å². The number of aromatic nitrogens is 1. The van der Waals surface area contributed by atoms with Crippen LogP contribution in [0.15, 0.2) is 79.0 Å². The van der Waals surface area contributed by atoms with Crippen molar-refractivity contribution in [2.24, 2.45) is 0 Å². The number of fused-ring (bicyclic) bond motifs is 5. The molecule has 0 saturated carbocycles. The highest BCUT2D eigenvalue weighted by atomic mass is 14.7. The number of rotatable bonds is 1. The summed E-state index contributed by atoms with van der Waals surface area (Å²) >= 11 is 0. The Bertz CT molecular complexity index is 1390. The highest BCUT2D eigenvalue weighted by Crippen LogP contribution is 2.36. The monoisotopic (exact) mass is 375 g/mol. The van der Waals surface area contributed by atoms with Gasteiger partial charge in [-0.3, -0.25) is 4.98 Å². The third kappa shape index (κ3) is 2.98. The normalized spacial score (nSPS) is 12.1. The van der Waals surface area contributed by atoms with Gasteiger partial charge < -0.3 is 0 Å². The van der Waals surface area contributed by atoms with Crippen molar-refractivity contribution in [1.82, 2.24) is 4.98 Å². The third-order valence-corrected chi connectivity index (χ3v) is 5.92. The number of pyridine rings is 1. The molecule has 1 heterocycles. The zero-order chi connectivity index (χ0) is 20.2. The lowest BCUT2D eigenvalue weighted by molar-refractivity contribution is 0.591. The fourth-order valence-corrected chi connectivity index (χ4v) is 4.30. The molecule has 1 aromatic heterocycles. The topological polar surface area (TPSA) is 12.9 Å². The molecule has 1 heteroatoms. The van der Waals surface area contributed by atoms with Gasteiger partial charge in [-0.05, 0) is 57.0 Å². The molecule has 0 bridgehead atoms. The molecule has 1 nitrogen and oxygen atoms in total. The first-order chi connectivity index (χ1) is 13.9. The molecule has 142 valence electrons. The Hall–Kier alpha value is -3.19. The summed E-state index contributed by atoms with van der Waals surface area (Å²) in [5, 5.41) is 7.67. The van der Waals surface area contributed by atoms with Crippen molar-refractivity contribution in [2.45, 2.75) is 33.1 Å². The van der Waals surface area contributed by atoms with Gasteiger partial charge in [-0.2, -0.15) is 0 Å². The Labute approximate surface area is 172 Å². The molecule has 0 unspecified atom stereocenters. The number of nitrogens with zero attached hydrogens (tertiary/aromatic N) is 1. The quantitative estimate of drug-likeness (QED) is 0.272. The minimum absolute atomic E-state index is 0.154. The summed E-state index contributed by atoms with van der Waals surface area (Å²) in [7, 11) is 0. The molecular formula is C28H25N. The minimum atomic E-state index is 0.154. The van der Waals surface area contributed by atoms with E-state index in [1.165, 1.54) is 49.0 Å². The summed E-state index contributed by atoms with van der Waals surface area (Å²) < 4.78 is 0. The van der Waals surface area contributed by atoms with E-state index >= 15 is 0 Å². The molecule has 4 aromatic carbocycles. The lowest BCUT2D eigenvalue weighted by Crippen LogP contribution is -2.10. The van der Waals surface area contributed by atoms with E-state index in [-0.39, 0.29) is 5.41 Å². The number of aryl methyl sites for hydroxylation is 1. The van der Waals surface area contributed by atoms with E-state index in [1.54, 1.807) is 0 Å². The molecule has 0 fully saturated rings. The van der Waals surface area contributed by atoms with Crippen LogP contribution in [0.2, 0.25) is 0 Å². The van der Waals surface area contributed by atoms with E-state index in [4.69, 9.17) is 4.98 Å². The molecule has 0 aliphatic rings. The van der Waals surface area contributed by atoms with Gasteiger partial charge in [0.05, 0.1) is 5.69 Å². The smallest absolute Gasteiger partial charge is 0.0780 e. The van der Waals surface area contributed by atoms with Crippen LogP contribution in [-0.2, 0) is 5.41 Å². The largest absolute Gasteiger partial charge is 0.256 e. The molecular weight excluding hydrogens is 350 g/mol. The predicted octanol–water partition coefficient (Wildman–Crippen LogP) is 7.81. The van der Waals surface area contributed by atoms with Crippen molar-refractivity contribution in [2.75, 3.05) is 0 Å². The van der Waals surface area contributed by atoms with Crippen molar-refractivity contribution >= 4 is 32.3 Å². The summed E-state index contributed by atoms with van der Waals surface area (Å²) in [5.74, 6) is 0. The molecule has 0 radical (unpaired) electrons. The first-order valence-corrected chi connectivity index (χ1v) is 10.2. The van der Waals surface area contributed by atoms with Gasteiger partial charge in [-0.25, -0.2) is 0 Å². The Balaban J connectivity index is 1.79. The summed E-state index contributed by atoms with van der Waals surface area (Å²) in [5.41, 5.74) is 5.00. The number of hydrogen-bond acceptors (Lipinski definition) is 1. The van der Waals surface area contributed by atoms with E-state index in [1.807, 2.05) is 6.20 Å². The summed E-state index contributed by atoms with van der Waals surface area (Å²) in [4.78, 5) is 4.73. The second kappa shape index (κ2) is 6.42. The molecule has 0 atom stereocenters. The molecule has 5 rings (SSSR count). The van der Waals surface area contributed by atoms with Crippen molar-refractivity contribution in [3.05, 3.63) is 90.1 Å².